The lowest BCUT2D eigenvalue weighted by atomic mass is 9.95. The first-order valence-corrected chi connectivity index (χ1v) is 27.9. The topological polar surface area (TPSA) is 6.48 Å². The summed E-state index contributed by atoms with van der Waals surface area (Å²) >= 11 is 0. The fourth-order valence-electron chi connectivity index (χ4n) is 10.5. The predicted molar refractivity (Wildman–Crippen MR) is 351 cm³/mol. The third-order valence-corrected chi connectivity index (χ3v) is 14.6. The van der Waals surface area contributed by atoms with Gasteiger partial charge in [-0.15, -0.1) is 0 Å². The summed E-state index contributed by atoms with van der Waals surface area (Å²) in [6.07, 6.45) is 19.4. The molecule has 10 rings (SSSR count). The highest BCUT2D eigenvalue weighted by Gasteiger charge is 2.17. The predicted octanol–water partition coefficient (Wildman–Crippen LogP) is 21.8. The van der Waals surface area contributed by atoms with Gasteiger partial charge in [-0.2, -0.15) is 0 Å². The molecule has 0 saturated heterocycles. The summed E-state index contributed by atoms with van der Waals surface area (Å²) in [4.78, 5) is 4.71. The molecule has 10 aromatic rings. The second-order valence-corrected chi connectivity index (χ2v) is 20.5. The van der Waals surface area contributed by atoms with Crippen molar-refractivity contribution in [3.63, 3.8) is 0 Å². The Morgan fingerprint density at radius 3 is 0.951 bits per heavy atom. The molecule has 0 radical (unpaired) electrons. The maximum absolute atomic E-state index is 4.09. The maximum Gasteiger partial charge on any atom is 0.0490 e. The lowest BCUT2D eigenvalue weighted by molar-refractivity contribution is 1.24. The van der Waals surface area contributed by atoms with Crippen LogP contribution in [0, 0.1) is 27.7 Å². The van der Waals surface area contributed by atoms with Gasteiger partial charge in [-0.1, -0.05) is 254 Å². The van der Waals surface area contributed by atoms with Gasteiger partial charge in [0, 0.05) is 34.1 Å². The highest BCUT2D eigenvalue weighted by molar-refractivity contribution is 5.93. The molecule has 81 heavy (non-hydrogen) atoms. The van der Waals surface area contributed by atoms with Crippen LogP contribution in [0.3, 0.4) is 0 Å². The van der Waals surface area contributed by atoms with E-state index < -0.39 is 0 Å². The van der Waals surface area contributed by atoms with Crippen molar-refractivity contribution < 1.29 is 0 Å². The number of benzene rings is 10. The van der Waals surface area contributed by atoms with Crippen LogP contribution in [0.1, 0.15) is 73.7 Å². The first kappa shape index (κ1) is 54.3. The standard InChI is InChI=1S/C79H68N2/c1-7-21-67(43-33-63-36-46-73(47-37-63)81(79-53-31-59(4)55-61(79)6)75-50-40-65(41-51-75)57-77(70-26-17-11-18-27-70)71-28-19-12-20-29-71)66(8-2)42-32-62-34-44-72(45-35-62)80(78-52-30-58(3)54-60(78)5)74-48-38-64(39-49-74)56-76(68-22-13-9-14-23-68)69-24-15-10-16-25-69/h7-57H,1H2,2-6H3/b42-32+,43-33+,66-8-,67-21-. The van der Waals surface area contributed by atoms with Gasteiger partial charge in [0.05, 0.1) is 0 Å². The molecule has 0 aliphatic carbocycles. The molecule has 0 fully saturated rings. The number of rotatable bonds is 18. The third-order valence-electron chi connectivity index (χ3n) is 14.6. The zero-order valence-corrected chi connectivity index (χ0v) is 47.0. The number of hydrogen-bond acceptors (Lipinski definition) is 2. The minimum absolute atomic E-state index is 1.07. The van der Waals surface area contributed by atoms with E-state index in [0.717, 1.165) is 67.5 Å². The normalized spacial score (nSPS) is 11.6. The first-order valence-electron chi connectivity index (χ1n) is 27.9. The number of allylic oxidation sites excluding steroid dienone is 7. The molecule has 0 aliphatic heterocycles. The van der Waals surface area contributed by atoms with Crippen LogP contribution in [-0.4, -0.2) is 0 Å². The molecule has 394 valence electrons. The Kier molecular flexibility index (Phi) is 17.5. The van der Waals surface area contributed by atoms with Crippen LogP contribution in [0.15, 0.2) is 303 Å². The lowest BCUT2D eigenvalue weighted by Gasteiger charge is -2.27. The molecule has 2 heteroatoms. The van der Waals surface area contributed by atoms with E-state index in [0.29, 0.717) is 0 Å². The average Bonchev–Trinajstić information content (AvgIpc) is 3.58. The van der Waals surface area contributed by atoms with Gasteiger partial charge in [0.15, 0.2) is 0 Å². The van der Waals surface area contributed by atoms with Crippen LogP contribution < -0.4 is 9.80 Å². The zero-order valence-electron chi connectivity index (χ0n) is 47.0. The Morgan fingerprint density at radius 2 is 0.654 bits per heavy atom. The van der Waals surface area contributed by atoms with E-state index in [2.05, 4.69) is 354 Å². The van der Waals surface area contributed by atoms with Crippen molar-refractivity contribution >= 4 is 69.6 Å². The Bertz CT molecular complexity index is 3830. The molecule has 0 heterocycles. The molecule has 2 nitrogen and oxygen atoms in total. The van der Waals surface area contributed by atoms with Crippen molar-refractivity contribution in [2.75, 3.05) is 9.80 Å². The zero-order chi connectivity index (χ0) is 55.9. The third kappa shape index (κ3) is 13.5. The molecule has 0 N–H and O–H groups in total. The lowest BCUT2D eigenvalue weighted by Crippen LogP contribution is -2.11. The Labute approximate surface area is 481 Å². The summed E-state index contributed by atoms with van der Waals surface area (Å²) in [7, 11) is 0. The summed E-state index contributed by atoms with van der Waals surface area (Å²) in [6.45, 7) is 14.9. The van der Waals surface area contributed by atoms with Gasteiger partial charge < -0.3 is 9.80 Å². The molecule has 0 spiro atoms. The van der Waals surface area contributed by atoms with Crippen molar-refractivity contribution in [1.29, 1.82) is 0 Å². The molecule has 0 saturated carbocycles. The summed E-state index contributed by atoms with van der Waals surface area (Å²) in [5, 5.41) is 0. The van der Waals surface area contributed by atoms with Crippen LogP contribution in [-0.2, 0) is 0 Å². The van der Waals surface area contributed by atoms with Crippen LogP contribution in [0.5, 0.6) is 0 Å². The summed E-state index contributed by atoms with van der Waals surface area (Å²) in [6, 6.07) is 91.3. The summed E-state index contributed by atoms with van der Waals surface area (Å²) in [5.74, 6) is 0. The Balaban J connectivity index is 0.875. The van der Waals surface area contributed by atoms with Gasteiger partial charge in [-0.3, -0.25) is 0 Å². The van der Waals surface area contributed by atoms with Crippen LogP contribution >= 0.6 is 0 Å². The minimum Gasteiger partial charge on any atom is -0.310 e. The van der Waals surface area contributed by atoms with Crippen molar-refractivity contribution in [2.45, 2.75) is 34.6 Å². The van der Waals surface area contributed by atoms with Crippen molar-refractivity contribution in [1.82, 2.24) is 0 Å². The average molecular weight is 1050 g/mol. The fraction of sp³-hybridized carbons (Fsp3) is 0.0633. The van der Waals surface area contributed by atoms with E-state index in [-0.39, 0.29) is 0 Å². The number of nitrogens with zero attached hydrogens (tertiary/aromatic N) is 2. The van der Waals surface area contributed by atoms with E-state index in [4.69, 9.17) is 0 Å². The van der Waals surface area contributed by atoms with Gasteiger partial charge in [0.1, 0.15) is 0 Å². The maximum atomic E-state index is 4.09. The second kappa shape index (κ2) is 26.1. The van der Waals surface area contributed by atoms with Crippen LogP contribution in [0.25, 0.3) is 35.5 Å². The van der Waals surface area contributed by atoms with Crippen molar-refractivity contribution in [2.24, 2.45) is 0 Å². The van der Waals surface area contributed by atoms with E-state index in [1.54, 1.807) is 0 Å². The fourth-order valence-corrected chi connectivity index (χ4v) is 10.5. The van der Waals surface area contributed by atoms with Gasteiger partial charge in [-0.25, -0.2) is 0 Å². The summed E-state index contributed by atoms with van der Waals surface area (Å²) < 4.78 is 0. The van der Waals surface area contributed by atoms with E-state index >= 15 is 0 Å². The van der Waals surface area contributed by atoms with E-state index in [9.17, 15) is 0 Å². The SMILES string of the molecule is C=C/C=C(/C=C/c1ccc(N(c2ccc(C=C(c3ccccc3)c3ccccc3)cc2)c2ccc(C)cc2C)cc1)C(=C/C)\C=C\c1ccc(N(c2ccc(C=C(c3ccccc3)c3ccccc3)cc2)c2ccc(C)cc2C)cc1. The second-order valence-electron chi connectivity index (χ2n) is 20.5. The molecule has 10 aromatic carbocycles. The largest absolute Gasteiger partial charge is 0.310 e. The van der Waals surface area contributed by atoms with Crippen LogP contribution in [0.4, 0.5) is 34.1 Å². The molecule has 0 aliphatic rings. The molecule has 0 atom stereocenters. The number of hydrogen-bond donors (Lipinski definition) is 0. The Morgan fingerprint density at radius 1 is 0.346 bits per heavy atom. The smallest absolute Gasteiger partial charge is 0.0490 e. The molecule has 0 aromatic heterocycles. The molecule has 0 unspecified atom stereocenters. The quantitative estimate of drug-likeness (QED) is 0.0624. The highest BCUT2D eigenvalue weighted by atomic mass is 15.1. The number of anilines is 6. The highest BCUT2D eigenvalue weighted by Crippen LogP contribution is 2.40. The minimum atomic E-state index is 1.07. The first-order chi connectivity index (χ1) is 39.7. The van der Waals surface area contributed by atoms with Crippen LogP contribution in [0.2, 0.25) is 0 Å². The molecular formula is C79H68N2. The van der Waals surface area contributed by atoms with Gasteiger partial charge in [0.25, 0.3) is 0 Å². The van der Waals surface area contributed by atoms with Gasteiger partial charge in [0.2, 0.25) is 0 Å². The van der Waals surface area contributed by atoms with Crippen molar-refractivity contribution in [3.05, 3.63) is 370 Å². The molecule has 0 amide bonds. The summed E-state index contributed by atoms with van der Waals surface area (Å²) in [5.41, 5.74) is 25.3. The van der Waals surface area contributed by atoms with Crippen molar-refractivity contribution in [3.8, 4) is 0 Å². The van der Waals surface area contributed by atoms with Gasteiger partial charge >= 0.3 is 0 Å². The van der Waals surface area contributed by atoms with E-state index in [1.807, 2.05) is 6.08 Å². The van der Waals surface area contributed by atoms with Gasteiger partial charge in [-0.05, 0) is 185 Å². The molecule has 0 bridgehead atoms. The monoisotopic (exact) mass is 1040 g/mol. The Hall–Kier alpha value is -10.0. The van der Waals surface area contributed by atoms with E-state index in [1.165, 1.54) is 55.7 Å². The molecular weight excluding hydrogens is 977 g/mol. The number of aryl methyl sites for hydroxylation is 4.